The van der Waals surface area contributed by atoms with Gasteiger partial charge in [-0.1, -0.05) is 35.9 Å². The second kappa shape index (κ2) is 9.11. The number of benzene rings is 2. The lowest BCUT2D eigenvalue weighted by molar-refractivity contribution is 0.102. The molecule has 0 aliphatic carbocycles. The van der Waals surface area contributed by atoms with E-state index in [1.807, 2.05) is 26.8 Å². The van der Waals surface area contributed by atoms with Crippen LogP contribution in [0.25, 0.3) is 0 Å². The highest BCUT2D eigenvalue weighted by molar-refractivity contribution is 7.92. The van der Waals surface area contributed by atoms with E-state index in [1.54, 1.807) is 12.1 Å². The molecule has 0 aliphatic rings. The molecule has 0 saturated carbocycles. The molecular weight excluding hydrogens is 444 g/mol. The Morgan fingerprint density at radius 1 is 1.10 bits per heavy atom. The van der Waals surface area contributed by atoms with Gasteiger partial charge >= 0.3 is 0 Å². The van der Waals surface area contributed by atoms with Gasteiger partial charge < -0.3 is 0 Å². The van der Waals surface area contributed by atoms with Crippen molar-refractivity contribution in [2.75, 3.05) is 10.0 Å². The molecule has 3 aromatic rings. The van der Waals surface area contributed by atoms with E-state index >= 15 is 0 Å². The van der Waals surface area contributed by atoms with Gasteiger partial charge in [0.05, 0.1) is 15.5 Å². The first-order chi connectivity index (χ1) is 14.2. The molecule has 7 nitrogen and oxygen atoms in total. The number of hydrogen-bond acceptors (Lipinski definition) is 6. The van der Waals surface area contributed by atoms with Crippen molar-refractivity contribution < 1.29 is 13.2 Å². The molecule has 1 aromatic heterocycles. The molecule has 0 unspecified atom stereocenters. The minimum atomic E-state index is -3.91. The monoisotopic (exact) mass is 464 g/mol. The molecule has 2 N–H and O–H groups in total. The number of nitrogens with one attached hydrogen (secondary N) is 2. The van der Waals surface area contributed by atoms with E-state index in [-0.39, 0.29) is 15.5 Å². The topological polar surface area (TPSA) is 101 Å². The zero-order chi connectivity index (χ0) is 21.9. The van der Waals surface area contributed by atoms with E-state index in [0.29, 0.717) is 10.8 Å². The largest absolute Gasteiger partial charge is 0.296 e. The Bertz CT molecular complexity index is 1190. The van der Waals surface area contributed by atoms with Crippen LogP contribution in [0.2, 0.25) is 5.02 Å². The fourth-order valence-electron chi connectivity index (χ4n) is 2.65. The summed E-state index contributed by atoms with van der Waals surface area (Å²) in [5.74, 6) is -0.553. The number of halogens is 1. The normalized spacial score (nSPS) is 11.3. The van der Waals surface area contributed by atoms with Crippen LogP contribution in [-0.4, -0.2) is 24.5 Å². The highest BCUT2D eigenvalue weighted by Gasteiger charge is 2.20. The van der Waals surface area contributed by atoms with Crippen molar-refractivity contribution in [1.29, 1.82) is 0 Å². The first-order valence-corrected chi connectivity index (χ1v) is 11.9. The molecule has 0 spiro atoms. The van der Waals surface area contributed by atoms with Crippen LogP contribution in [0.4, 0.5) is 10.8 Å². The van der Waals surface area contributed by atoms with Crippen LogP contribution in [0.5, 0.6) is 0 Å². The number of nitrogens with zero attached hydrogens (tertiary/aromatic N) is 2. The minimum Gasteiger partial charge on any atom is -0.296 e. The van der Waals surface area contributed by atoms with Crippen molar-refractivity contribution in [3.8, 4) is 0 Å². The molecule has 1 heterocycles. The number of carbonyl (C=O) groups excluding carboxylic acids is 1. The standard InChI is InChI=1S/C20H21ClN4O3S2/c1-4-5-18-23-24-20(29-18)22-19(26)16-11-15(8-9-17(16)21)30(27,28)25-14-7-6-12(2)13(3)10-14/h6-11,25H,4-5H2,1-3H3,(H,22,24,26). The summed E-state index contributed by atoms with van der Waals surface area (Å²) < 4.78 is 28.2. The SMILES string of the molecule is CCCc1nnc(NC(=O)c2cc(S(=O)(=O)Nc3ccc(C)c(C)c3)ccc2Cl)s1. The molecule has 0 radical (unpaired) electrons. The van der Waals surface area contributed by atoms with Crippen molar-refractivity contribution >= 4 is 49.7 Å². The Morgan fingerprint density at radius 2 is 1.87 bits per heavy atom. The average Bonchev–Trinajstić information content (AvgIpc) is 3.12. The average molecular weight is 465 g/mol. The Hall–Kier alpha value is -2.49. The molecule has 0 saturated heterocycles. The summed E-state index contributed by atoms with van der Waals surface area (Å²) in [4.78, 5) is 12.6. The van der Waals surface area contributed by atoms with Gasteiger partial charge in [0, 0.05) is 12.1 Å². The maximum absolute atomic E-state index is 12.8. The number of aromatic nitrogens is 2. The molecular formula is C20H21ClN4O3S2. The van der Waals surface area contributed by atoms with Crippen molar-refractivity contribution in [1.82, 2.24) is 10.2 Å². The van der Waals surface area contributed by atoms with Crippen molar-refractivity contribution in [3.63, 3.8) is 0 Å². The molecule has 30 heavy (non-hydrogen) atoms. The molecule has 2 aromatic carbocycles. The minimum absolute atomic E-state index is 0.0341. The Morgan fingerprint density at radius 3 is 2.57 bits per heavy atom. The van der Waals surface area contributed by atoms with Crippen LogP contribution in [0, 0.1) is 13.8 Å². The Kier molecular flexibility index (Phi) is 6.74. The third-order valence-electron chi connectivity index (χ3n) is 4.40. The van der Waals surface area contributed by atoms with E-state index in [0.717, 1.165) is 29.0 Å². The van der Waals surface area contributed by atoms with Crippen molar-refractivity contribution in [3.05, 3.63) is 63.1 Å². The summed E-state index contributed by atoms with van der Waals surface area (Å²) in [6, 6.07) is 9.26. The van der Waals surface area contributed by atoms with Gasteiger partial charge in [0.2, 0.25) is 5.13 Å². The van der Waals surface area contributed by atoms with Gasteiger partial charge in [-0.3, -0.25) is 14.8 Å². The predicted octanol–water partition coefficient (Wildman–Crippen LogP) is 4.81. The first-order valence-electron chi connectivity index (χ1n) is 9.23. The third-order valence-corrected chi connectivity index (χ3v) is 7.01. The molecule has 0 fully saturated rings. The highest BCUT2D eigenvalue weighted by atomic mass is 35.5. The van der Waals surface area contributed by atoms with Gasteiger partial charge in [-0.05, 0) is 61.7 Å². The molecule has 0 aliphatic heterocycles. The summed E-state index contributed by atoms with van der Waals surface area (Å²) in [6.07, 6.45) is 1.69. The smallest absolute Gasteiger partial charge is 0.261 e. The number of hydrogen-bond donors (Lipinski definition) is 2. The van der Waals surface area contributed by atoms with Crippen LogP contribution < -0.4 is 10.0 Å². The summed E-state index contributed by atoms with van der Waals surface area (Å²) in [5.41, 5.74) is 2.50. The van der Waals surface area contributed by atoms with Gasteiger partial charge in [0.15, 0.2) is 0 Å². The van der Waals surface area contributed by atoms with E-state index in [2.05, 4.69) is 20.2 Å². The van der Waals surface area contributed by atoms with E-state index < -0.39 is 15.9 Å². The fraction of sp³-hybridized carbons (Fsp3) is 0.250. The highest BCUT2D eigenvalue weighted by Crippen LogP contribution is 2.25. The lowest BCUT2D eigenvalue weighted by Gasteiger charge is -2.11. The zero-order valence-electron chi connectivity index (χ0n) is 16.7. The van der Waals surface area contributed by atoms with Crippen LogP contribution in [-0.2, 0) is 16.4 Å². The van der Waals surface area contributed by atoms with Crippen molar-refractivity contribution in [2.24, 2.45) is 0 Å². The summed E-state index contributed by atoms with van der Waals surface area (Å²) in [5, 5.41) is 11.9. The summed E-state index contributed by atoms with van der Waals surface area (Å²) in [6.45, 7) is 5.87. The summed E-state index contributed by atoms with van der Waals surface area (Å²) in [7, 11) is -3.91. The molecule has 0 atom stereocenters. The van der Waals surface area contributed by atoms with Gasteiger partial charge in [-0.15, -0.1) is 10.2 Å². The molecule has 158 valence electrons. The number of carbonyl (C=O) groups is 1. The van der Waals surface area contributed by atoms with Gasteiger partial charge in [0.1, 0.15) is 5.01 Å². The van der Waals surface area contributed by atoms with E-state index in [9.17, 15) is 13.2 Å². The lowest BCUT2D eigenvalue weighted by Crippen LogP contribution is -2.16. The number of amides is 1. The van der Waals surface area contributed by atoms with E-state index in [1.165, 1.54) is 29.5 Å². The van der Waals surface area contributed by atoms with Crippen LogP contribution in [0.1, 0.15) is 39.8 Å². The van der Waals surface area contributed by atoms with Gasteiger partial charge in [-0.2, -0.15) is 0 Å². The first kappa shape index (κ1) is 22.2. The number of rotatable bonds is 7. The van der Waals surface area contributed by atoms with Crippen LogP contribution in [0.3, 0.4) is 0 Å². The second-order valence-corrected chi connectivity index (χ2v) is 9.90. The molecule has 0 bridgehead atoms. The second-order valence-electron chi connectivity index (χ2n) is 6.75. The lowest BCUT2D eigenvalue weighted by atomic mass is 10.1. The number of anilines is 2. The quantitative estimate of drug-likeness (QED) is 0.522. The maximum atomic E-state index is 12.8. The van der Waals surface area contributed by atoms with Gasteiger partial charge in [0.25, 0.3) is 15.9 Å². The zero-order valence-corrected chi connectivity index (χ0v) is 19.1. The molecule has 1 amide bonds. The van der Waals surface area contributed by atoms with Crippen molar-refractivity contribution in [2.45, 2.75) is 38.5 Å². The Balaban J connectivity index is 1.83. The van der Waals surface area contributed by atoms with E-state index in [4.69, 9.17) is 11.6 Å². The summed E-state index contributed by atoms with van der Waals surface area (Å²) >= 11 is 7.42. The Labute approximate surface area is 184 Å². The van der Waals surface area contributed by atoms with Crippen LogP contribution >= 0.6 is 22.9 Å². The maximum Gasteiger partial charge on any atom is 0.261 e. The fourth-order valence-corrected chi connectivity index (χ4v) is 4.76. The third kappa shape index (κ3) is 5.16. The molecule has 3 rings (SSSR count). The number of sulfonamides is 1. The molecule has 10 heteroatoms. The van der Waals surface area contributed by atoms with Crippen LogP contribution in [0.15, 0.2) is 41.3 Å². The predicted molar refractivity (Wildman–Crippen MR) is 120 cm³/mol. The van der Waals surface area contributed by atoms with Gasteiger partial charge in [-0.25, -0.2) is 8.42 Å². The number of aryl methyl sites for hydroxylation is 3.